The third kappa shape index (κ3) is 1.85. The fraction of sp³-hybridized carbons (Fsp3) is 0.583. The third-order valence-corrected chi connectivity index (χ3v) is 4.86. The van der Waals surface area contributed by atoms with E-state index in [1.54, 1.807) is 11.3 Å². The number of carbonyl (C=O) groups excluding carboxylic acids is 1. The van der Waals surface area contributed by atoms with Crippen molar-refractivity contribution in [1.29, 1.82) is 0 Å². The molecule has 1 heterocycles. The Kier molecular flexibility index (Phi) is 2.91. The van der Waals surface area contributed by atoms with Gasteiger partial charge in [0.1, 0.15) is 0 Å². The smallest absolute Gasteiger partial charge is 0.262 e. The van der Waals surface area contributed by atoms with Gasteiger partial charge in [0, 0.05) is 4.88 Å². The van der Waals surface area contributed by atoms with Gasteiger partial charge in [-0.1, -0.05) is 13.8 Å². The van der Waals surface area contributed by atoms with E-state index in [4.69, 9.17) is 11.6 Å². The van der Waals surface area contributed by atoms with Gasteiger partial charge in [-0.3, -0.25) is 4.79 Å². The summed E-state index contributed by atoms with van der Waals surface area (Å²) in [4.78, 5) is 13.3. The Balaban J connectivity index is 2.38. The largest absolute Gasteiger partial charge is 0.275 e. The SMILES string of the molecule is Cc1sc(C(=O)Cl)c2c1CC(C(C)C)C2. The molecule has 82 valence electrons. The lowest BCUT2D eigenvalue weighted by Crippen LogP contribution is -2.08. The Bertz CT molecular complexity index is 406. The molecule has 0 fully saturated rings. The van der Waals surface area contributed by atoms with Crippen LogP contribution in [0, 0.1) is 18.8 Å². The maximum absolute atomic E-state index is 11.3. The Morgan fingerprint density at radius 3 is 2.53 bits per heavy atom. The molecule has 0 amide bonds. The highest BCUT2D eigenvalue weighted by Gasteiger charge is 2.30. The molecule has 0 N–H and O–H groups in total. The molecule has 0 saturated carbocycles. The molecule has 1 aliphatic rings. The summed E-state index contributed by atoms with van der Waals surface area (Å²) in [6.45, 7) is 6.59. The lowest BCUT2D eigenvalue weighted by atomic mass is 9.93. The summed E-state index contributed by atoms with van der Waals surface area (Å²) in [6, 6.07) is 0. The summed E-state index contributed by atoms with van der Waals surface area (Å²) in [5.41, 5.74) is 2.62. The van der Waals surface area contributed by atoms with Gasteiger partial charge in [0.05, 0.1) is 4.88 Å². The lowest BCUT2D eigenvalue weighted by Gasteiger charge is -2.13. The molecule has 1 atom stereocenters. The van der Waals surface area contributed by atoms with Crippen molar-refractivity contribution in [2.45, 2.75) is 33.6 Å². The van der Waals surface area contributed by atoms with E-state index in [9.17, 15) is 4.79 Å². The Hall–Kier alpha value is -0.340. The van der Waals surface area contributed by atoms with E-state index >= 15 is 0 Å². The predicted molar refractivity (Wildman–Crippen MR) is 65.0 cm³/mol. The van der Waals surface area contributed by atoms with Crippen LogP contribution in [-0.4, -0.2) is 5.24 Å². The number of fused-ring (bicyclic) bond motifs is 1. The normalized spacial score (nSPS) is 19.7. The number of hydrogen-bond donors (Lipinski definition) is 0. The molecule has 1 aromatic heterocycles. The molecule has 0 aliphatic heterocycles. The monoisotopic (exact) mass is 242 g/mol. The predicted octanol–water partition coefficient (Wildman–Crippen LogP) is 3.81. The van der Waals surface area contributed by atoms with Gasteiger partial charge >= 0.3 is 0 Å². The fourth-order valence-electron chi connectivity index (χ4n) is 2.34. The number of halogens is 1. The first-order chi connectivity index (χ1) is 7.00. The van der Waals surface area contributed by atoms with Crippen LogP contribution in [-0.2, 0) is 12.8 Å². The van der Waals surface area contributed by atoms with Crippen molar-refractivity contribution in [2.24, 2.45) is 11.8 Å². The molecule has 1 nitrogen and oxygen atoms in total. The summed E-state index contributed by atoms with van der Waals surface area (Å²) in [5, 5.41) is -0.284. The third-order valence-electron chi connectivity index (χ3n) is 3.37. The first-order valence-electron chi connectivity index (χ1n) is 5.31. The van der Waals surface area contributed by atoms with Crippen molar-refractivity contribution in [3.63, 3.8) is 0 Å². The van der Waals surface area contributed by atoms with E-state index in [-0.39, 0.29) is 5.24 Å². The Morgan fingerprint density at radius 1 is 1.40 bits per heavy atom. The average molecular weight is 243 g/mol. The number of aryl methyl sites for hydroxylation is 1. The summed E-state index contributed by atoms with van der Waals surface area (Å²) < 4.78 is 0. The van der Waals surface area contributed by atoms with Crippen LogP contribution in [0.4, 0.5) is 0 Å². The van der Waals surface area contributed by atoms with Crippen LogP contribution in [0.1, 0.15) is 39.5 Å². The van der Waals surface area contributed by atoms with Gasteiger partial charge in [0.15, 0.2) is 0 Å². The molecular weight excluding hydrogens is 228 g/mol. The zero-order valence-corrected chi connectivity index (χ0v) is 10.8. The average Bonchev–Trinajstić information content (AvgIpc) is 2.66. The maximum atomic E-state index is 11.3. The molecule has 0 radical (unpaired) electrons. The van der Waals surface area contributed by atoms with Gasteiger partial charge in [-0.2, -0.15) is 0 Å². The van der Waals surface area contributed by atoms with Gasteiger partial charge in [-0.15, -0.1) is 11.3 Å². The van der Waals surface area contributed by atoms with Crippen molar-refractivity contribution < 1.29 is 4.79 Å². The van der Waals surface area contributed by atoms with Crippen molar-refractivity contribution in [3.05, 3.63) is 20.9 Å². The van der Waals surface area contributed by atoms with Crippen LogP contribution >= 0.6 is 22.9 Å². The van der Waals surface area contributed by atoms with Crippen LogP contribution < -0.4 is 0 Å². The standard InChI is InChI=1S/C12H15ClOS/c1-6(2)8-4-9-7(3)15-11(12(13)14)10(9)5-8/h6,8H,4-5H2,1-3H3. The minimum absolute atomic E-state index is 0.284. The minimum Gasteiger partial charge on any atom is -0.275 e. The van der Waals surface area contributed by atoms with E-state index in [0.29, 0.717) is 11.8 Å². The van der Waals surface area contributed by atoms with Gasteiger partial charge in [0.2, 0.25) is 0 Å². The molecule has 0 bridgehead atoms. The highest BCUT2D eigenvalue weighted by molar-refractivity contribution is 7.16. The molecule has 0 spiro atoms. The molecule has 0 saturated heterocycles. The van der Waals surface area contributed by atoms with Crippen LogP contribution in [0.5, 0.6) is 0 Å². The zero-order chi connectivity index (χ0) is 11.2. The molecule has 1 aromatic rings. The van der Waals surface area contributed by atoms with E-state index in [2.05, 4.69) is 20.8 Å². The van der Waals surface area contributed by atoms with Crippen LogP contribution in [0.3, 0.4) is 0 Å². The van der Waals surface area contributed by atoms with Gasteiger partial charge < -0.3 is 0 Å². The van der Waals surface area contributed by atoms with E-state index in [0.717, 1.165) is 17.7 Å². The number of rotatable bonds is 2. The van der Waals surface area contributed by atoms with E-state index in [1.807, 2.05) is 0 Å². The zero-order valence-electron chi connectivity index (χ0n) is 9.26. The number of hydrogen-bond acceptors (Lipinski definition) is 2. The van der Waals surface area contributed by atoms with Crippen molar-refractivity contribution in [3.8, 4) is 0 Å². The highest BCUT2D eigenvalue weighted by Crippen LogP contribution is 2.40. The molecule has 15 heavy (non-hydrogen) atoms. The van der Waals surface area contributed by atoms with E-state index < -0.39 is 0 Å². The number of carbonyl (C=O) groups is 1. The first-order valence-corrected chi connectivity index (χ1v) is 6.51. The van der Waals surface area contributed by atoms with Crippen molar-refractivity contribution in [2.75, 3.05) is 0 Å². The van der Waals surface area contributed by atoms with E-state index in [1.165, 1.54) is 16.0 Å². The Morgan fingerprint density at radius 2 is 2.00 bits per heavy atom. The second kappa shape index (κ2) is 3.91. The van der Waals surface area contributed by atoms with Crippen LogP contribution in [0.2, 0.25) is 0 Å². The quantitative estimate of drug-likeness (QED) is 0.721. The first kappa shape index (κ1) is 11.2. The van der Waals surface area contributed by atoms with Gasteiger partial charge in [0.25, 0.3) is 5.24 Å². The maximum Gasteiger partial charge on any atom is 0.262 e. The second-order valence-electron chi connectivity index (χ2n) is 4.63. The molecule has 1 unspecified atom stereocenters. The van der Waals surface area contributed by atoms with Crippen LogP contribution in [0.25, 0.3) is 0 Å². The van der Waals surface area contributed by atoms with Crippen molar-refractivity contribution in [1.82, 2.24) is 0 Å². The summed E-state index contributed by atoms with van der Waals surface area (Å²) in [7, 11) is 0. The number of thiophene rings is 1. The second-order valence-corrected chi connectivity index (χ2v) is 6.20. The van der Waals surface area contributed by atoms with Gasteiger partial charge in [-0.25, -0.2) is 0 Å². The fourth-order valence-corrected chi connectivity index (χ4v) is 3.61. The van der Waals surface area contributed by atoms with Crippen LogP contribution in [0.15, 0.2) is 0 Å². The minimum atomic E-state index is -0.284. The molecule has 0 aromatic carbocycles. The molecule has 3 heteroatoms. The van der Waals surface area contributed by atoms with Crippen molar-refractivity contribution >= 4 is 28.2 Å². The molecule has 2 rings (SSSR count). The Labute approximate surface area is 99.5 Å². The topological polar surface area (TPSA) is 17.1 Å². The summed E-state index contributed by atoms with van der Waals surface area (Å²) in [5.74, 6) is 1.37. The summed E-state index contributed by atoms with van der Waals surface area (Å²) >= 11 is 7.16. The highest BCUT2D eigenvalue weighted by atomic mass is 35.5. The molecule has 1 aliphatic carbocycles. The lowest BCUT2D eigenvalue weighted by molar-refractivity contribution is 0.108. The molecular formula is C12H15ClOS. The summed E-state index contributed by atoms with van der Waals surface area (Å²) in [6.07, 6.45) is 2.16. The van der Waals surface area contributed by atoms with Gasteiger partial charge in [-0.05, 0) is 54.3 Å².